The Hall–Kier alpha value is -3.94. The van der Waals surface area contributed by atoms with Crippen molar-refractivity contribution in [2.24, 2.45) is 0 Å². The van der Waals surface area contributed by atoms with Crippen molar-refractivity contribution >= 4 is 5.91 Å². The predicted octanol–water partition coefficient (Wildman–Crippen LogP) is 5.61. The van der Waals surface area contributed by atoms with Crippen molar-refractivity contribution < 1.29 is 18.7 Å². The SMILES string of the molecule is COCCNC(=O)c1coc(CN(Cc2cccc(Oc3ccccc3)c2)[C@@H](C)c2ccccc2)n1. The molecule has 1 aromatic heterocycles. The van der Waals surface area contributed by atoms with E-state index in [4.69, 9.17) is 13.9 Å². The first-order valence-electron chi connectivity index (χ1n) is 11.9. The Bertz CT molecular complexity index is 1230. The molecule has 0 aliphatic heterocycles. The number of aromatic nitrogens is 1. The van der Waals surface area contributed by atoms with Crippen LogP contribution < -0.4 is 10.1 Å². The largest absolute Gasteiger partial charge is 0.457 e. The van der Waals surface area contributed by atoms with E-state index in [1.807, 2.05) is 66.7 Å². The number of nitrogens with zero attached hydrogens (tertiary/aromatic N) is 2. The van der Waals surface area contributed by atoms with Gasteiger partial charge in [-0.1, -0.05) is 60.7 Å². The fourth-order valence-electron chi connectivity index (χ4n) is 3.86. The maximum atomic E-state index is 12.3. The molecule has 1 heterocycles. The standard InChI is InChI=1S/C29H31N3O4/c1-22(24-11-5-3-6-12-24)32(20-28-31-27(21-35-28)29(33)30-16-17-34-2)19-23-10-9-15-26(18-23)36-25-13-7-4-8-14-25/h3-15,18,21-22H,16-17,19-20H2,1-2H3,(H,30,33)/t22-/m0/s1. The Balaban J connectivity index is 1.51. The van der Waals surface area contributed by atoms with Crippen molar-refractivity contribution in [2.75, 3.05) is 20.3 Å². The van der Waals surface area contributed by atoms with Crippen LogP contribution in [0.25, 0.3) is 0 Å². The molecule has 3 aromatic carbocycles. The van der Waals surface area contributed by atoms with Gasteiger partial charge < -0.3 is 19.2 Å². The summed E-state index contributed by atoms with van der Waals surface area (Å²) in [4.78, 5) is 19.0. The summed E-state index contributed by atoms with van der Waals surface area (Å²) in [6.07, 6.45) is 1.40. The van der Waals surface area contributed by atoms with Gasteiger partial charge in [0.15, 0.2) is 5.69 Å². The monoisotopic (exact) mass is 485 g/mol. The second kappa shape index (κ2) is 12.7. The van der Waals surface area contributed by atoms with E-state index in [-0.39, 0.29) is 17.6 Å². The minimum atomic E-state index is -0.282. The summed E-state index contributed by atoms with van der Waals surface area (Å²) >= 11 is 0. The molecule has 36 heavy (non-hydrogen) atoms. The molecule has 0 aliphatic rings. The molecule has 0 bridgehead atoms. The quantitative estimate of drug-likeness (QED) is 0.263. The molecule has 186 valence electrons. The summed E-state index contributed by atoms with van der Waals surface area (Å²) in [5.41, 5.74) is 2.53. The van der Waals surface area contributed by atoms with Gasteiger partial charge in [-0.15, -0.1) is 0 Å². The van der Waals surface area contributed by atoms with Crippen LogP contribution in [0.3, 0.4) is 0 Å². The number of para-hydroxylation sites is 1. The highest BCUT2D eigenvalue weighted by Crippen LogP contribution is 2.27. The minimum absolute atomic E-state index is 0.0794. The van der Waals surface area contributed by atoms with E-state index >= 15 is 0 Å². The average Bonchev–Trinajstić information content (AvgIpc) is 3.38. The van der Waals surface area contributed by atoms with Gasteiger partial charge in [0.1, 0.15) is 17.8 Å². The topological polar surface area (TPSA) is 76.8 Å². The number of carbonyl (C=O) groups is 1. The van der Waals surface area contributed by atoms with E-state index in [1.54, 1.807) is 7.11 Å². The van der Waals surface area contributed by atoms with Gasteiger partial charge in [-0.05, 0) is 42.3 Å². The molecule has 0 spiro atoms. The van der Waals surface area contributed by atoms with Gasteiger partial charge in [-0.25, -0.2) is 4.98 Å². The molecular weight excluding hydrogens is 454 g/mol. The van der Waals surface area contributed by atoms with E-state index in [0.717, 1.165) is 17.1 Å². The van der Waals surface area contributed by atoms with Crippen molar-refractivity contribution in [3.8, 4) is 11.5 Å². The van der Waals surface area contributed by atoms with Crippen molar-refractivity contribution in [1.82, 2.24) is 15.2 Å². The normalized spacial score (nSPS) is 11.9. The number of amides is 1. The van der Waals surface area contributed by atoms with Crippen molar-refractivity contribution in [1.29, 1.82) is 0 Å². The summed E-state index contributed by atoms with van der Waals surface area (Å²) in [5.74, 6) is 1.76. The van der Waals surface area contributed by atoms with Gasteiger partial charge >= 0.3 is 0 Å². The first-order chi connectivity index (χ1) is 17.6. The maximum absolute atomic E-state index is 12.3. The van der Waals surface area contributed by atoms with Gasteiger partial charge in [-0.3, -0.25) is 9.69 Å². The Kier molecular flexibility index (Phi) is 8.86. The fourth-order valence-corrected chi connectivity index (χ4v) is 3.86. The lowest BCUT2D eigenvalue weighted by Gasteiger charge is -2.28. The molecule has 7 nitrogen and oxygen atoms in total. The number of methoxy groups -OCH3 is 1. The molecule has 0 saturated carbocycles. The molecule has 1 N–H and O–H groups in total. The van der Waals surface area contributed by atoms with E-state index in [1.165, 1.54) is 11.8 Å². The van der Waals surface area contributed by atoms with Crippen LogP contribution in [0.4, 0.5) is 0 Å². The van der Waals surface area contributed by atoms with Gasteiger partial charge in [0.05, 0.1) is 13.2 Å². The first-order valence-corrected chi connectivity index (χ1v) is 11.9. The third-order valence-electron chi connectivity index (χ3n) is 5.81. The van der Waals surface area contributed by atoms with Gasteiger partial charge in [0, 0.05) is 26.2 Å². The Morgan fingerprint density at radius 1 is 0.972 bits per heavy atom. The van der Waals surface area contributed by atoms with Crippen LogP contribution >= 0.6 is 0 Å². The molecule has 4 rings (SSSR count). The zero-order valence-electron chi connectivity index (χ0n) is 20.6. The molecule has 1 atom stereocenters. The number of oxazole rings is 1. The van der Waals surface area contributed by atoms with Crippen molar-refractivity contribution in [2.45, 2.75) is 26.1 Å². The Morgan fingerprint density at radius 3 is 2.44 bits per heavy atom. The van der Waals surface area contributed by atoms with Crippen LogP contribution in [0.1, 0.15) is 40.5 Å². The second-order valence-corrected chi connectivity index (χ2v) is 8.43. The van der Waals surface area contributed by atoms with Crippen LogP contribution in [0.15, 0.2) is 95.6 Å². The highest BCUT2D eigenvalue weighted by molar-refractivity contribution is 5.91. The van der Waals surface area contributed by atoms with Gasteiger partial charge in [0.25, 0.3) is 5.91 Å². The van der Waals surface area contributed by atoms with E-state index in [2.05, 4.69) is 40.3 Å². The summed E-state index contributed by atoms with van der Waals surface area (Å²) in [7, 11) is 1.59. The molecule has 0 aliphatic carbocycles. The van der Waals surface area contributed by atoms with Crippen molar-refractivity contribution in [3.05, 3.63) is 114 Å². The lowest BCUT2D eigenvalue weighted by atomic mass is 10.1. The zero-order valence-corrected chi connectivity index (χ0v) is 20.6. The number of hydrogen-bond donors (Lipinski definition) is 1. The molecule has 1 amide bonds. The maximum Gasteiger partial charge on any atom is 0.273 e. The number of nitrogens with one attached hydrogen (secondary N) is 1. The lowest BCUT2D eigenvalue weighted by Crippen LogP contribution is -2.28. The Morgan fingerprint density at radius 2 is 1.69 bits per heavy atom. The molecular formula is C29H31N3O4. The highest BCUT2D eigenvalue weighted by Gasteiger charge is 2.20. The highest BCUT2D eigenvalue weighted by atomic mass is 16.5. The van der Waals surface area contributed by atoms with E-state index < -0.39 is 0 Å². The molecule has 0 radical (unpaired) electrons. The number of carbonyl (C=O) groups excluding carboxylic acids is 1. The van der Waals surface area contributed by atoms with Crippen LogP contribution in [0, 0.1) is 0 Å². The third-order valence-corrected chi connectivity index (χ3v) is 5.81. The minimum Gasteiger partial charge on any atom is -0.457 e. The fraction of sp³-hybridized carbons (Fsp3) is 0.241. The molecule has 0 fully saturated rings. The molecule has 4 aromatic rings. The summed E-state index contributed by atoms with van der Waals surface area (Å²) < 4.78 is 16.7. The smallest absolute Gasteiger partial charge is 0.273 e. The predicted molar refractivity (Wildman–Crippen MR) is 138 cm³/mol. The summed E-state index contributed by atoms with van der Waals surface area (Å²) in [6, 6.07) is 28.2. The van der Waals surface area contributed by atoms with Crippen LogP contribution in [-0.4, -0.2) is 36.1 Å². The van der Waals surface area contributed by atoms with Gasteiger partial charge in [0.2, 0.25) is 5.89 Å². The van der Waals surface area contributed by atoms with E-state index in [0.29, 0.717) is 32.1 Å². The summed E-state index contributed by atoms with van der Waals surface area (Å²) in [5, 5.41) is 2.77. The third kappa shape index (κ3) is 7.04. The Labute approximate surface area is 211 Å². The summed E-state index contributed by atoms with van der Waals surface area (Å²) in [6.45, 7) is 4.08. The molecule has 0 unspecified atom stereocenters. The number of ether oxygens (including phenoxy) is 2. The second-order valence-electron chi connectivity index (χ2n) is 8.43. The molecule has 0 saturated heterocycles. The van der Waals surface area contributed by atoms with Crippen molar-refractivity contribution in [3.63, 3.8) is 0 Å². The number of hydrogen-bond acceptors (Lipinski definition) is 6. The van der Waals surface area contributed by atoms with Gasteiger partial charge in [-0.2, -0.15) is 0 Å². The van der Waals surface area contributed by atoms with E-state index in [9.17, 15) is 4.79 Å². The van der Waals surface area contributed by atoms with Crippen LogP contribution in [-0.2, 0) is 17.8 Å². The van der Waals surface area contributed by atoms with Crippen LogP contribution in [0.5, 0.6) is 11.5 Å². The number of benzene rings is 3. The molecule has 7 heteroatoms. The first kappa shape index (κ1) is 25.2. The van der Waals surface area contributed by atoms with Crippen LogP contribution in [0.2, 0.25) is 0 Å². The average molecular weight is 486 g/mol. The zero-order chi connectivity index (χ0) is 25.2. The number of rotatable bonds is 12. The lowest BCUT2D eigenvalue weighted by molar-refractivity contribution is 0.0932.